The summed E-state index contributed by atoms with van der Waals surface area (Å²) in [5.41, 5.74) is 7.67. The summed E-state index contributed by atoms with van der Waals surface area (Å²) in [4.78, 5) is 13.3. The molecule has 0 unspecified atom stereocenters. The average molecular weight is 556 g/mol. The van der Waals surface area contributed by atoms with E-state index in [0.717, 1.165) is 70.1 Å². The van der Waals surface area contributed by atoms with Gasteiger partial charge in [0.2, 0.25) is 0 Å². The molecule has 0 atom stereocenters. The van der Waals surface area contributed by atoms with Crippen molar-refractivity contribution < 1.29 is 19.7 Å². The molecule has 0 spiro atoms. The van der Waals surface area contributed by atoms with Crippen LogP contribution in [0.3, 0.4) is 0 Å². The molecule has 2 N–H and O–H groups in total. The van der Waals surface area contributed by atoms with Crippen LogP contribution in [0.5, 0.6) is 11.5 Å². The number of carbonyl (C=O) groups excluding carboxylic acids is 1. The van der Waals surface area contributed by atoms with Crippen molar-refractivity contribution in [3.05, 3.63) is 71.8 Å². The summed E-state index contributed by atoms with van der Waals surface area (Å²) < 4.78 is 5.18. The summed E-state index contributed by atoms with van der Waals surface area (Å²) in [5, 5.41) is 30.7. The van der Waals surface area contributed by atoms with Gasteiger partial charge in [-0.3, -0.25) is 0 Å². The minimum Gasteiger partial charge on any atom is -0.508 e. The summed E-state index contributed by atoms with van der Waals surface area (Å²) >= 11 is 0. The lowest BCUT2D eigenvalue weighted by Crippen LogP contribution is -2.06. The highest BCUT2D eigenvalue weighted by atomic mass is 16.5. The number of phenols is 2. The van der Waals surface area contributed by atoms with Crippen molar-refractivity contribution in [2.45, 2.75) is 78.7 Å². The fourth-order valence-electron chi connectivity index (χ4n) is 4.97. The standard InChI is InChI=1S/C34H41N3O4/c1-21(2)28-19-24(11-15-30(28)38)26-13-14-27(25-12-16-31(39)29(20-25)22(3)4)33-32(26)35-37(36-33)17-9-7-8-10-18-41-34(40)23(5)6/h11-16,19-22,38-39H,5,7-10,17-18H2,1-4,6H3. The van der Waals surface area contributed by atoms with Crippen LogP contribution in [0.1, 0.15) is 83.3 Å². The fraction of sp³-hybridized carbons (Fsp3) is 0.382. The molecule has 0 aliphatic carbocycles. The van der Waals surface area contributed by atoms with Crippen LogP contribution in [0.4, 0.5) is 0 Å². The van der Waals surface area contributed by atoms with Gasteiger partial charge in [-0.2, -0.15) is 15.0 Å². The van der Waals surface area contributed by atoms with Gasteiger partial charge in [-0.1, -0.05) is 65.0 Å². The third kappa shape index (κ3) is 6.96. The number of hydrogen-bond acceptors (Lipinski definition) is 6. The molecule has 1 aromatic heterocycles. The number of unbranched alkanes of at least 4 members (excludes halogenated alkanes) is 3. The highest BCUT2D eigenvalue weighted by Crippen LogP contribution is 2.38. The van der Waals surface area contributed by atoms with Crippen LogP contribution in [0.15, 0.2) is 60.7 Å². The number of benzene rings is 3. The van der Waals surface area contributed by atoms with Crippen molar-refractivity contribution in [3.63, 3.8) is 0 Å². The Morgan fingerprint density at radius 3 is 1.76 bits per heavy atom. The zero-order valence-electron chi connectivity index (χ0n) is 24.8. The molecule has 0 aliphatic heterocycles. The fourth-order valence-corrected chi connectivity index (χ4v) is 4.97. The van der Waals surface area contributed by atoms with Gasteiger partial charge in [0.05, 0.1) is 13.2 Å². The number of nitrogens with zero attached hydrogens (tertiary/aromatic N) is 3. The molecular formula is C34H41N3O4. The number of esters is 1. The first-order valence-electron chi connectivity index (χ1n) is 14.4. The van der Waals surface area contributed by atoms with E-state index < -0.39 is 0 Å². The van der Waals surface area contributed by atoms with Crippen LogP contribution in [0.2, 0.25) is 0 Å². The molecule has 0 radical (unpaired) electrons. The van der Waals surface area contributed by atoms with Crippen LogP contribution in [0, 0.1) is 0 Å². The maximum Gasteiger partial charge on any atom is 0.333 e. The van der Waals surface area contributed by atoms with E-state index in [9.17, 15) is 15.0 Å². The molecule has 7 heteroatoms. The van der Waals surface area contributed by atoms with Gasteiger partial charge < -0.3 is 14.9 Å². The minimum absolute atomic E-state index is 0.177. The molecule has 216 valence electrons. The van der Waals surface area contributed by atoms with Gasteiger partial charge in [0.25, 0.3) is 0 Å². The third-order valence-electron chi connectivity index (χ3n) is 7.34. The molecule has 0 saturated heterocycles. The van der Waals surface area contributed by atoms with E-state index in [1.165, 1.54) is 0 Å². The van der Waals surface area contributed by atoms with E-state index in [1.807, 2.05) is 24.3 Å². The Hall–Kier alpha value is -4.13. The summed E-state index contributed by atoms with van der Waals surface area (Å²) in [6.45, 7) is 14.6. The van der Waals surface area contributed by atoms with E-state index in [4.69, 9.17) is 14.9 Å². The van der Waals surface area contributed by atoms with E-state index in [-0.39, 0.29) is 17.8 Å². The number of phenolic OH excluding ortho intramolecular Hbond substituents is 2. The number of fused-ring (bicyclic) bond motifs is 1. The molecule has 1 heterocycles. The molecular weight excluding hydrogens is 514 g/mol. The van der Waals surface area contributed by atoms with Gasteiger partial charge in [0.15, 0.2) is 0 Å². The van der Waals surface area contributed by atoms with E-state index in [0.29, 0.717) is 30.2 Å². The van der Waals surface area contributed by atoms with Gasteiger partial charge in [-0.15, -0.1) is 0 Å². The van der Waals surface area contributed by atoms with Gasteiger partial charge in [0, 0.05) is 16.7 Å². The SMILES string of the molecule is C=C(C)C(=O)OCCCCCCn1nc2c(-c3ccc(O)c(C(C)C)c3)ccc(-c3ccc(O)c(C(C)C)c3)c2n1. The van der Waals surface area contributed by atoms with Crippen LogP contribution in [-0.2, 0) is 16.1 Å². The van der Waals surface area contributed by atoms with Crippen LogP contribution < -0.4 is 0 Å². The Labute approximate surface area is 242 Å². The smallest absolute Gasteiger partial charge is 0.333 e. The topological polar surface area (TPSA) is 97.5 Å². The number of aromatic hydroxyl groups is 2. The number of ether oxygens (including phenoxy) is 1. The first kappa shape index (κ1) is 29.8. The second kappa shape index (κ2) is 13.0. The van der Waals surface area contributed by atoms with Crippen molar-refractivity contribution in [2.75, 3.05) is 6.61 Å². The Kier molecular flexibility index (Phi) is 9.48. The molecule has 41 heavy (non-hydrogen) atoms. The zero-order valence-corrected chi connectivity index (χ0v) is 24.8. The summed E-state index contributed by atoms with van der Waals surface area (Å²) in [5.74, 6) is 0.597. The molecule has 3 aromatic carbocycles. The molecule has 0 aliphatic rings. The molecule has 7 nitrogen and oxygen atoms in total. The Balaban J connectivity index is 1.64. The monoisotopic (exact) mass is 555 g/mol. The number of rotatable bonds is 12. The molecule has 0 fully saturated rings. The maximum absolute atomic E-state index is 11.5. The first-order valence-corrected chi connectivity index (χ1v) is 14.4. The average Bonchev–Trinajstić information content (AvgIpc) is 3.36. The molecule has 0 bridgehead atoms. The normalized spacial score (nSPS) is 11.5. The summed E-state index contributed by atoms with van der Waals surface area (Å²) in [7, 11) is 0. The van der Waals surface area contributed by atoms with Crippen molar-refractivity contribution in [1.29, 1.82) is 0 Å². The first-order chi connectivity index (χ1) is 19.6. The number of carbonyl (C=O) groups is 1. The van der Waals surface area contributed by atoms with Crippen LogP contribution in [-0.4, -0.2) is 37.8 Å². The molecule has 4 rings (SSSR count). The lowest BCUT2D eigenvalue weighted by molar-refractivity contribution is -0.139. The minimum atomic E-state index is -0.340. The molecule has 0 amide bonds. The molecule has 0 saturated carbocycles. The summed E-state index contributed by atoms with van der Waals surface area (Å²) in [6, 6.07) is 15.5. The van der Waals surface area contributed by atoms with Crippen molar-refractivity contribution in [2.24, 2.45) is 0 Å². The van der Waals surface area contributed by atoms with E-state index in [2.05, 4.69) is 46.4 Å². The van der Waals surface area contributed by atoms with E-state index in [1.54, 1.807) is 23.9 Å². The highest BCUT2D eigenvalue weighted by Gasteiger charge is 2.18. The predicted octanol–water partition coefficient (Wildman–Crippen LogP) is 8.10. The zero-order chi connectivity index (χ0) is 29.7. The van der Waals surface area contributed by atoms with Gasteiger partial charge in [-0.25, -0.2) is 4.79 Å². The number of hydrogen-bond donors (Lipinski definition) is 2. The highest BCUT2D eigenvalue weighted by molar-refractivity contribution is 6.00. The second-order valence-electron chi connectivity index (χ2n) is 11.3. The third-order valence-corrected chi connectivity index (χ3v) is 7.34. The Morgan fingerprint density at radius 1 is 0.805 bits per heavy atom. The lowest BCUT2D eigenvalue weighted by atomic mass is 9.92. The molecule has 4 aromatic rings. The van der Waals surface area contributed by atoms with Crippen molar-refractivity contribution in [3.8, 4) is 33.8 Å². The predicted molar refractivity (Wildman–Crippen MR) is 164 cm³/mol. The lowest BCUT2D eigenvalue weighted by Gasteiger charge is -2.13. The number of aromatic nitrogens is 3. The van der Waals surface area contributed by atoms with Crippen LogP contribution in [0.25, 0.3) is 33.3 Å². The van der Waals surface area contributed by atoms with Crippen molar-refractivity contribution in [1.82, 2.24) is 15.0 Å². The largest absolute Gasteiger partial charge is 0.508 e. The Bertz CT molecular complexity index is 1460. The van der Waals surface area contributed by atoms with Gasteiger partial charge in [-0.05, 0) is 84.5 Å². The number of aryl methyl sites for hydroxylation is 1. The quantitative estimate of drug-likeness (QED) is 0.104. The summed E-state index contributed by atoms with van der Waals surface area (Å²) in [6.07, 6.45) is 3.61. The van der Waals surface area contributed by atoms with Crippen molar-refractivity contribution >= 4 is 17.0 Å². The Morgan fingerprint density at radius 2 is 1.29 bits per heavy atom. The van der Waals surface area contributed by atoms with E-state index >= 15 is 0 Å². The second-order valence-corrected chi connectivity index (χ2v) is 11.3. The maximum atomic E-state index is 11.5. The van der Waals surface area contributed by atoms with Gasteiger partial charge in [0.1, 0.15) is 22.5 Å². The van der Waals surface area contributed by atoms with Gasteiger partial charge >= 0.3 is 5.97 Å². The van der Waals surface area contributed by atoms with Crippen LogP contribution >= 0.6 is 0 Å².